The summed E-state index contributed by atoms with van der Waals surface area (Å²) in [5.41, 5.74) is 0. The number of halogens is 1. The molecule has 1 aromatic carbocycles. The molecule has 0 aromatic heterocycles. The fourth-order valence-corrected chi connectivity index (χ4v) is 4.40. The monoisotopic (exact) mass is 376 g/mol. The molecule has 0 saturated carbocycles. The molecule has 2 atom stereocenters. The number of nitrogens with one attached hydrogen (secondary N) is 2. The minimum atomic E-state index is -3.50. The van der Waals surface area contributed by atoms with Crippen LogP contribution in [0.2, 0.25) is 0 Å². The molecule has 0 aliphatic carbocycles. The first-order valence-corrected chi connectivity index (χ1v) is 9.38. The molecule has 2 N–H and O–H groups in total. The largest absolute Gasteiger partial charge is 0.493 e. The second-order valence-corrected chi connectivity index (χ2v) is 7.79. The van der Waals surface area contributed by atoms with Gasteiger partial charge in [0.1, 0.15) is 5.75 Å². The Labute approximate surface area is 134 Å². The van der Waals surface area contributed by atoms with E-state index in [0.29, 0.717) is 22.9 Å². The highest BCUT2D eigenvalue weighted by atomic mass is 79.9. The highest BCUT2D eigenvalue weighted by Crippen LogP contribution is 2.28. The average molecular weight is 377 g/mol. The molecule has 0 radical (unpaired) electrons. The van der Waals surface area contributed by atoms with Gasteiger partial charge in [-0.05, 0) is 67.4 Å². The zero-order chi connectivity index (χ0) is 15.5. The second kappa shape index (κ2) is 7.09. The van der Waals surface area contributed by atoms with Gasteiger partial charge in [0.05, 0.1) is 16.0 Å². The number of hydrogen-bond donors (Lipinski definition) is 2. The van der Waals surface area contributed by atoms with Crippen molar-refractivity contribution in [3.05, 3.63) is 22.7 Å². The Hall–Kier alpha value is -0.630. The number of ether oxygens (including phenoxy) is 1. The fraction of sp³-hybridized carbons (Fsp3) is 0.571. The lowest BCUT2D eigenvalue weighted by atomic mass is 10.0. The van der Waals surface area contributed by atoms with Crippen LogP contribution >= 0.6 is 15.9 Å². The maximum atomic E-state index is 12.4. The van der Waals surface area contributed by atoms with Crippen LogP contribution in [-0.2, 0) is 10.0 Å². The van der Waals surface area contributed by atoms with Crippen LogP contribution in [0.5, 0.6) is 5.75 Å². The number of sulfonamides is 1. The Morgan fingerprint density at radius 3 is 2.86 bits per heavy atom. The van der Waals surface area contributed by atoms with E-state index in [1.165, 1.54) is 0 Å². The van der Waals surface area contributed by atoms with Crippen molar-refractivity contribution in [1.82, 2.24) is 10.0 Å². The molecule has 1 fully saturated rings. The summed E-state index contributed by atoms with van der Waals surface area (Å²) >= 11 is 3.35. The molecular formula is C14H21BrN2O3S. The van der Waals surface area contributed by atoms with Crippen LogP contribution < -0.4 is 14.8 Å². The van der Waals surface area contributed by atoms with Crippen molar-refractivity contribution in [2.45, 2.75) is 43.7 Å². The molecule has 1 heterocycles. The molecule has 1 saturated heterocycles. The third kappa shape index (κ3) is 4.42. The van der Waals surface area contributed by atoms with Gasteiger partial charge in [0, 0.05) is 12.1 Å². The minimum Gasteiger partial charge on any atom is -0.493 e. The molecule has 0 bridgehead atoms. The molecular weight excluding hydrogens is 356 g/mol. The molecule has 21 heavy (non-hydrogen) atoms. The van der Waals surface area contributed by atoms with Crippen LogP contribution in [0.4, 0.5) is 0 Å². The molecule has 7 heteroatoms. The summed E-state index contributed by atoms with van der Waals surface area (Å²) in [5, 5.41) is 3.31. The Kier molecular flexibility index (Phi) is 5.65. The van der Waals surface area contributed by atoms with Crippen LogP contribution in [0.1, 0.15) is 26.7 Å². The summed E-state index contributed by atoms with van der Waals surface area (Å²) in [6.07, 6.45) is 1.61. The van der Waals surface area contributed by atoms with E-state index in [-0.39, 0.29) is 10.9 Å². The third-order valence-corrected chi connectivity index (χ3v) is 5.60. The van der Waals surface area contributed by atoms with E-state index < -0.39 is 10.0 Å². The number of piperidine rings is 1. The van der Waals surface area contributed by atoms with Crippen LogP contribution in [0.15, 0.2) is 27.6 Å². The lowest BCUT2D eigenvalue weighted by Gasteiger charge is -2.28. The van der Waals surface area contributed by atoms with Crippen molar-refractivity contribution in [2.75, 3.05) is 13.2 Å². The van der Waals surface area contributed by atoms with Gasteiger partial charge in [-0.25, -0.2) is 13.1 Å². The van der Waals surface area contributed by atoms with E-state index in [4.69, 9.17) is 4.74 Å². The topological polar surface area (TPSA) is 67.4 Å². The second-order valence-electron chi connectivity index (χ2n) is 5.22. The predicted molar refractivity (Wildman–Crippen MR) is 86.1 cm³/mol. The van der Waals surface area contributed by atoms with Gasteiger partial charge in [-0.3, -0.25) is 0 Å². The van der Waals surface area contributed by atoms with Crippen LogP contribution in [0, 0.1) is 0 Å². The first-order chi connectivity index (χ1) is 9.92. The van der Waals surface area contributed by atoms with Gasteiger partial charge in [-0.2, -0.15) is 0 Å². The van der Waals surface area contributed by atoms with Crippen molar-refractivity contribution >= 4 is 26.0 Å². The minimum absolute atomic E-state index is 0.0170. The molecule has 1 aliphatic heterocycles. The zero-order valence-electron chi connectivity index (χ0n) is 12.2. The highest BCUT2D eigenvalue weighted by Gasteiger charge is 2.24. The molecule has 1 aromatic rings. The summed E-state index contributed by atoms with van der Waals surface area (Å²) in [6.45, 7) is 5.32. The number of rotatable bonds is 5. The lowest BCUT2D eigenvalue weighted by molar-refractivity contribution is 0.338. The first-order valence-electron chi connectivity index (χ1n) is 7.10. The first kappa shape index (κ1) is 16.7. The van der Waals surface area contributed by atoms with Crippen molar-refractivity contribution in [3.8, 4) is 5.75 Å². The smallest absolute Gasteiger partial charge is 0.240 e. The van der Waals surface area contributed by atoms with Crippen LogP contribution in [-0.4, -0.2) is 33.7 Å². The third-order valence-electron chi connectivity index (χ3n) is 3.46. The van der Waals surface area contributed by atoms with Gasteiger partial charge in [0.25, 0.3) is 0 Å². The van der Waals surface area contributed by atoms with Gasteiger partial charge < -0.3 is 10.1 Å². The van der Waals surface area contributed by atoms with Crippen molar-refractivity contribution in [2.24, 2.45) is 0 Å². The maximum Gasteiger partial charge on any atom is 0.240 e. The molecule has 2 unspecified atom stereocenters. The van der Waals surface area contributed by atoms with Crippen LogP contribution in [0.3, 0.4) is 0 Å². The standard InChI is InChI=1S/C14H21BrN2O3S/c1-3-20-14-5-4-12(9-13(14)15)21(18,19)17-11-6-7-16-10(2)8-11/h4-5,9-11,16-17H,3,6-8H2,1-2H3. The quantitative estimate of drug-likeness (QED) is 0.826. The van der Waals surface area contributed by atoms with Crippen molar-refractivity contribution < 1.29 is 13.2 Å². The lowest BCUT2D eigenvalue weighted by Crippen LogP contribution is -2.46. The Bertz CT molecular complexity index is 592. The highest BCUT2D eigenvalue weighted by molar-refractivity contribution is 9.10. The van der Waals surface area contributed by atoms with Gasteiger partial charge >= 0.3 is 0 Å². The van der Waals surface area contributed by atoms with E-state index in [9.17, 15) is 8.42 Å². The van der Waals surface area contributed by atoms with E-state index >= 15 is 0 Å². The molecule has 5 nitrogen and oxygen atoms in total. The summed E-state index contributed by atoms with van der Waals surface area (Å²) in [7, 11) is -3.50. The Morgan fingerprint density at radius 2 is 2.24 bits per heavy atom. The SMILES string of the molecule is CCOc1ccc(S(=O)(=O)NC2CCNC(C)C2)cc1Br. The van der Waals surface area contributed by atoms with E-state index in [2.05, 4.69) is 32.9 Å². The summed E-state index contributed by atoms with van der Waals surface area (Å²) in [5.74, 6) is 0.645. The average Bonchev–Trinajstić information content (AvgIpc) is 2.40. The molecule has 0 spiro atoms. The number of hydrogen-bond acceptors (Lipinski definition) is 4. The van der Waals surface area contributed by atoms with E-state index in [0.717, 1.165) is 19.4 Å². The molecule has 0 amide bonds. The van der Waals surface area contributed by atoms with Gasteiger partial charge in [0.15, 0.2) is 0 Å². The van der Waals surface area contributed by atoms with E-state index in [1.807, 2.05) is 6.92 Å². The summed E-state index contributed by atoms with van der Waals surface area (Å²) in [6, 6.07) is 5.14. The van der Waals surface area contributed by atoms with Crippen LogP contribution in [0.25, 0.3) is 0 Å². The molecule has 1 aliphatic rings. The van der Waals surface area contributed by atoms with Gasteiger partial charge in [-0.1, -0.05) is 0 Å². The fourth-order valence-electron chi connectivity index (χ4n) is 2.45. The van der Waals surface area contributed by atoms with Crippen molar-refractivity contribution in [1.29, 1.82) is 0 Å². The summed E-state index contributed by atoms with van der Waals surface area (Å²) < 4.78 is 33.7. The molecule has 118 valence electrons. The normalized spacial score (nSPS) is 23.0. The predicted octanol–water partition coefficient (Wildman–Crippen LogP) is 2.27. The number of benzene rings is 1. The Morgan fingerprint density at radius 1 is 1.48 bits per heavy atom. The molecule has 2 rings (SSSR count). The van der Waals surface area contributed by atoms with Gasteiger partial charge in [-0.15, -0.1) is 0 Å². The van der Waals surface area contributed by atoms with Crippen molar-refractivity contribution in [3.63, 3.8) is 0 Å². The van der Waals surface area contributed by atoms with E-state index in [1.54, 1.807) is 18.2 Å². The van der Waals surface area contributed by atoms with Gasteiger partial charge in [0.2, 0.25) is 10.0 Å². The zero-order valence-corrected chi connectivity index (χ0v) is 14.6. The summed E-state index contributed by atoms with van der Waals surface area (Å²) in [4.78, 5) is 0.254. The Balaban J connectivity index is 2.13. The maximum absolute atomic E-state index is 12.4.